The van der Waals surface area contributed by atoms with Crippen molar-refractivity contribution in [3.05, 3.63) is 17.7 Å². The Bertz CT molecular complexity index is 685. The number of hydrogen-bond acceptors (Lipinski definition) is 4. The molecule has 2 aromatic heterocycles. The van der Waals surface area contributed by atoms with Gasteiger partial charge in [0.05, 0.1) is 17.5 Å². The maximum atomic E-state index is 13.0. The van der Waals surface area contributed by atoms with Gasteiger partial charge in [0.15, 0.2) is 0 Å². The van der Waals surface area contributed by atoms with E-state index < -0.39 is 5.92 Å². The van der Waals surface area contributed by atoms with Crippen molar-refractivity contribution in [3.63, 3.8) is 0 Å². The van der Waals surface area contributed by atoms with Crippen LogP contribution in [-0.2, 0) is 6.54 Å². The Morgan fingerprint density at radius 2 is 2.05 bits per heavy atom. The summed E-state index contributed by atoms with van der Waals surface area (Å²) in [6, 6.07) is 0. The Hall–Kier alpha value is -1.79. The maximum absolute atomic E-state index is 13.0. The molecule has 2 aliphatic rings. The van der Waals surface area contributed by atoms with Gasteiger partial charge in [0.1, 0.15) is 11.5 Å². The van der Waals surface area contributed by atoms with Gasteiger partial charge in [-0.05, 0) is 38.0 Å². The van der Waals surface area contributed by atoms with Gasteiger partial charge in [0, 0.05) is 19.4 Å². The smallest absolute Gasteiger partial charge is 0.249 e. The van der Waals surface area contributed by atoms with E-state index in [0.717, 1.165) is 42.1 Å². The highest BCUT2D eigenvalue weighted by atomic mass is 19.3. The van der Waals surface area contributed by atoms with E-state index in [1.54, 1.807) is 4.68 Å². The Kier molecular flexibility index (Phi) is 2.75. The first-order valence-corrected chi connectivity index (χ1v) is 7.57. The Morgan fingerprint density at radius 3 is 2.64 bits per heavy atom. The molecule has 0 N–H and O–H groups in total. The lowest BCUT2D eigenvalue weighted by atomic mass is 9.50. The van der Waals surface area contributed by atoms with Crippen LogP contribution in [0.4, 0.5) is 8.78 Å². The fourth-order valence-corrected chi connectivity index (χ4v) is 4.24. The largest absolute Gasteiger partial charge is 0.361 e. The molecule has 0 amide bonds. The van der Waals surface area contributed by atoms with Crippen molar-refractivity contribution >= 4 is 0 Å². The van der Waals surface area contributed by atoms with Crippen molar-refractivity contribution in [3.8, 4) is 11.3 Å². The van der Waals surface area contributed by atoms with Gasteiger partial charge in [-0.1, -0.05) is 10.4 Å². The summed E-state index contributed by atoms with van der Waals surface area (Å²) in [7, 11) is 0. The first-order valence-electron chi connectivity index (χ1n) is 7.57. The van der Waals surface area contributed by atoms with Gasteiger partial charge in [-0.15, -0.1) is 5.10 Å². The van der Waals surface area contributed by atoms with Crippen LogP contribution in [0.3, 0.4) is 0 Å². The second-order valence-corrected chi connectivity index (χ2v) is 7.01. The Balaban J connectivity index is 1.40. The zero-order chi connectivity index (χ0) is 15.5. The van der Waals surface area contributed by atoms with E-state index >= 15 is 0 Å². The van der Waals surface area contributed by atoms with Crippen molar-refractivity contribution in [1.82, 2.24) is 20.2 Å². The van der Waals surface area contributed by atoms with Gasteiger partial charge in [-0.25, -0.2) is 8.78 Å². The van der Waals surface area contributed by atoms with E-state index in [-0.39, 0.29) is 18.3 Å². The molecule has 4 rings (SSSR count). The molecule has 22 heavy (non-hydrogen) atoms. The second kappa shape index (κ2) is 4.36. The molecule has 2 saturated carbocycles. The first kappa shape index (κ1) is 13.8. The third-order valence-corrected chi connectivity index (χ3v) is 4.98. The average Bonchev–Trinajstić information content (AvgIpc) is 2.92. The van der Waals surface area contributed by atoms with E-state index in [4.69, 9.17) is 4.52 Å². The molecule has 0 bridgehead atoms. The Labute approximate surface area is 126 Å². The van der Waals surface area contributed by atoms with Crippen LogP contribution in [0, 0.1) is 25.2 Å². The molecule has 0 radical (unpaired) electrons. The van der Waals surface area contributed by atoms with E-state index in [0.29, 0.717) is 5.92 Å². The van der Waals surface area contributed by atoms with Gasteiger partial charge in [0.25, 0.3) is 0 Å². The molecule has 1 spiro atoms. The van der Waals surface area contributed by atoms with Crippen molar-refractivity contribution in [2.75, 3.05) is 0 Å². The minimum atomic E-state index is -2.42. The molecule has 0 atom stereocenters. The third-order valence-electron chi connectivity index (χ3n) is 4.98. The summed E-state index contributed by atoms with van der Waals surface area (Å²) >= 11 is 0. The predicted octanol–water partition coefficient (Wildman–Crippen LogP) is 3.38. The van der Waals surface area contributed by atoms with Crippen LogP contribution >= 0.6 is 0 Å². The maximum Gasteiger partial charge on any atom is 0.249 e. The fourth-order valence-electron chi connectivity index (χ4n) is 4.24. The van der Waals surface area contributed by atoms with Gasteiger partial charge < -0.3 is 4.52 Å². The molecular weight excluding hydrogens is 290 g/mol. The second-order valence-electron chi connectivity index (χ2n) is 7.01. The fraction of sp³-hybridized carbons (Fsp3) is 0.667. The normalized spacial score (nSPS) is 22.5. The highest BCUT2D eigenvalue weighted by Gasteiger charge is 2.61. The van der Waals surface area contributed by atoms with Crippen LogP contribution in [0.15, 0.2) is 10.7 Å². The van der Waals surface area contributed by atoms with E-state index in [2.05, 4.69) is 15.5 Å². The highest BCUT2D eigenvalue weighted by molar-refractivity contribution is 5.62. The molecule has 0 saturated heterocycles. The topological polar surface area (TPSA) is 56.7 Å². The summed E-state index contributed by atoms with van der Waals surface area (Å²) in [5.41, 5.74) is 2.35. The lowest BCUT2D eigenvalue weighted by Crippen LogP contribution is -2.54. The Morgan fingerprint density at radius 1 is 1.32 bits per heavy atom. The zero-order valence-corrected chi connectivity index (χ0v) is 12.6. The summed E-state index contributed by atoms with van der Waals surface area (Å²) in [6.07, 6.45) is 3.77. The molecule has 2 aromatic rings. The minimum absolute atomic E-state index is 0.0676. The van der Waals surface area contributed by atoms with E-state index in [1.165, 1.54) is 0 Å². The lowest BCUT2D eigenvalue weighted by molar-refractivity contribution is -0.208. The van der Waals surface area contributed by atoms with Gasteiger partial charge >= 0.3 is 0 Å². The van der Waals surface area contributed by atoms with Crippen molar-refractivity contribution in [1.29, 1.82) is 0 Å². The molecule has 7 heteroatoms. The molecule has 0 aromatic carbocycles. The number of halogens is 2. The van der Waals surface area contributed by atoms with Crippen LogP contribution in [0.1, 0.15) is 37.1 Å². The molecule has 118 valence electrons. The average molecular weight is 308 g/mol. The van der Waals surface area contributed by atoms with E-state index in [1.807, 2.05) is 20.0 Å². The number of aromatic nitrogens is 4. The molecule has 2 fully saturated rings. The van der Waals surface area contributed by atoms with Crippen LogP contribution < -0.4 is 0 Å². The standard InChI is InChI=1S/C15H18F2N4O/c1-9-13(10(2)22-19-9)12-6-21(20-18-12)5-11-3-14(4-11)7-15(16,17)8-14/h6,11H,3-5,7-8H2,1-2H3. The number of hydrogen-bond donors (Lipinski definition) is 0. The van der Waals surface area contributed by atoms with Gasteiger partial charge in [-0.3, -0.25) is 4.68 Å². The molecule has 0 unspecified atom stereocenters. The highest BCUT2D eigenvalue weighted by Crippen LogP contribution is 2.64. The number of nitrogens with zero attached hydrogens (tertiary/aromatic N) is 4. The summed E-state index contributed by atoms with van der Waals surface area (Å²) in [5, 5.41) is 12.2. The molecule has 0 aliphatic heterocycles. The van der Waals surface area contributed by atoms with Crippen LogP contribution in [0.25, 0.3) is 11.3 Å². The van der Waals surface area contributed by atoms with E-state index in [9.17, 15) is 8.78 Å². The molecule has 2 heterocycles. The molecule has 2 aliphatic carbocycles. The quantitative estimate of drug-likeness (QED) is 0.872. The number of alkyl halides is 2. The SMILES string of the molecule is Cc1noc(C)c1-c1cn(CC2CC3(C2)CC(F)(F)C3)nn1. The first-order chi connectivity index (χ1) is 10.4. The predicted molar refractivity (Wildman–Crippen MR) is 74.3 cm³/mol. The monoisotopic (exact) mass is 308 g/mol. The molecular formula is C15H18F2N4O. The van der Waals surface area contributed by atoms with Crippen molar-refractivity contribution in [2.24, 2.45) is 11.3 Å². The van der Waals surface area contributed by atoms with Crippen LogP contribution in [0.5, 0.6) is 0 Å². The van der Waals surface area contributed by atoms with Crippen LogP contribution in [0.2, 0.25) is 0 Å². The summed E-state index contributed by atoms with van der Waals surface area (Å²) in [4.78, 5) is 0. The lowest BCUT2D eigenvalue weighted by Gasteiger charge is -2.57. The number of rotatable bonds is 3. The van der Waals surface area contributed by atoms with Gasteiger partial charge in [0.2, 0.25) is 5.92 Å². The van der Waals surface area contributed by atoms with Gasteiger partial charge in [-0.2, -0.15) is 0 Å². The zero-order valence-electron chi connectivity index (χ0n) is 12.6. The third kappa shape index (κ3) is 2.14. The van der Waals surface area contributed by atoms with Crippen molar-refractivity contribution < 1.29 is 13.3 Å². The minimum Gasteiger partial charge on any atom is -0.361 e. The summed E-state index contributed by atoms with van der Waals surface area (Å²) in [5.74, 6) is -1.27. The summed E-state index contributed by atoms with van der Waals surface area (Å²) < 4.78 is 32.9. The van der Waals surface area contributed by atoms with Crippen LogP contribution in [-0.4, -0.2) is 26.1 Å². The molecule has 5 nitrogen and oxygen atoms in total. The summed E-state index contributed by atoms with van der Waals surface area (Å²) in [6.45, 7) is 4.46. The van der Waals surface area contributed by atoms with Crippen molar-refractivity contribution in [2.45, 2.75) is 52.0 Å². The number of aryl methyl sites for hydroxylation is 2.